The molecule has 6 nitrogen and oxygen atoms in total. The molecule has 6 heteroatoms. The number of anilines is 1. The summed E-state index contributed by atoms with van der Waals surface area (Å²) in [6.45, 7) is 9.06. The summed E-state index contributed by atoms with van der Waals surface area (Å²) in [5.41, 5.74) is -0.275. The van der Waals surface area contributed by atoms with Crippen molar-refractivity contribution in [2.24, 2.45) is 0 Å². The fraction of sp³-hybridized carbons (Fsp3) is 0.375. The van der Waals surface area contributed by atoms with Crippen LogP contribution in [0.5, 0.6) is 5.75 Å². The summed E-state index contributed by atoms with van der Waals surface area (Å²) in [5.74, 6) is -0.768. The maximum absolute atomic E-state index is 12.3. The zero-order valence-electron chi connectivity index (χ0n) is 13.3. The third-order valence-corrected chi connectivity index (χ3v) is 2.61. The molecule has 0 aromatic heterocycles. The van der Waals surface area contributed by atoms with E-state index in [4.69, 9.17) is 14.6 Å². The van der Waals surface area contributed by atoms with Crippen LogP contribution in [0.25, 0.3) is 0 Å². The predicted molar refractivity (Wildman–Crippen MR) is 83.7 cm³/mol. The highest BCUT2D eigenvalue weighted by Crippen LogP contribution is 2.26. The van der Waals surface area contributed by atoms with Gasteiger partial charge in [-0.05, 0) is 32.9 Å². The molecule has 0 fully saturated rings. The number of carbonyl (C=O) groups excluding carboxylic acids is 1. The number of carboxylic acids is 1. The Morgan fingerprint density at radius 2 is 1.95 bits per heavy atom. The SMILES string of the molecule is C=CCN(C(=O)OC(C)(C)C)c1cc(OC)cc(C(=O)O)c1. The molecule has 1 N–H and O–H groups in total. The Balaban J connectivity index is 3.25. The molecule has 0 saturated carbocycles. The van der Waals surface area contributed by atoms with Gasteiger partial charge in [-0.15, -0.1) is 6.58 Å². The van der Waals surface area contributed by atoms with E-state index in [1.165, 1.54) is 30.2 Å². The van der Waals surface area contributed by atoms with E-state index in [0.717, 1.165) is 0 Å². The molecule has 1 amide bonds. The van der Waals surface area contributed by atoms with Crippen molar-refractivity contribution in [2.75, 3.05) is 18.6 Å². The van der Waals surface area contributed by atoms with Crippen molar-refractivity contribution < 1.29 is 24.2 Å². The van der Waals surface area contributed by atoms with E-state index in [1.807, 2.05) is 0 Å². The van der Waals surface area contributed by atoms with Gasteiger partial charge >= 0.3 is 12.1 Å². The number of aromatic carboxylic acids is 1. The molecule has 0 bridgehead atoms. The van der Waals surface area contributed by atoms with E-state index in [-0.39, 0.29) is 12.1 Å². The molecule has 0 aliphatic heterocycles. The summed E-state index contributed by atoms with van der Waals surface area (Å²) in [4.78, 5) is 24.8. The normalized spacial score (nSPS) is 10.7. The zero-order valence-corrected chi connectivity index (χ0v) is 13.3. The van der Waals surface area contributed by atoms with Gasteiger partial charge in [-0.3, -0.25) is 4.90 Å². The number of hydrogen-bond donors (Lipinski definition) is 1. The number of amides is 1. The van der Waals surface area contributed by atoms with Crippen molar-refractivity contribution in [3.63, 3.8) is 0 Å². The first-order valence-electron chi connectivity index (χ1n) is 6.71. The maximum Gasteiger partial charge on any atom is 0.415 e. The number of nitrogens with zero attached hydrogens (tertiary/aromatic N) is 1. The van der Waals surface area contributed by atoms with Crippen LogP contribution in [0.15, 0.2) is 30.9 Å². The average Bonchev–Trinajstić information content (AvgIpc) is 2.42. The summed E-state index contributed by atoms with van der Waals surface area (Å²) in [7, 11) is 1.43. The molecule has 120 valence electrons. The van der Waals surface area contributed by atoms with E-state index in [9.17, 15) is 9.59 Å². The third kappa shape index (κ3) is 4.80. The second kappa shape index (κ2) is 6.98. The van der Waals surface area contributed by atoms with Gasteiger partial charge in [0.1, 0.15) is 11.4 Å². The second-order valence-electron chi connectivity index (χ2n) is 5.60. The standard InChI is InChI=1S/C16H21NO5/c1-6-7-17(15(20)22-16(2,3)4)12-8-11(14(18)19)9-13(10-12)21-5/h6,8-10H,1,7H2,2-5H3,(H,18,19). The quantitative estimate of drug-likeness (QED) is 0.844. The molecule has 0 heterocycles. The number of methoxy groups -OCH3 is 1. The molecule has 0 atom stereocenters. The van der Waals surface area contributed by atoms with Crippen LogP contribution in [0.2, 0.25) is 0 Å². The Bertz CT molecular complexity index is 574. The van der Waals surface area contributed by atoms with E-state index in [0.29, 0.717) is 11.4 Å². The molecule has 0 radical (unpaired) electrons. The average molecular weight is 307 g/mol. The summed E-state index contributed by atoms with van der Waals surface area (Å²) in [5, 5.41) is 9.16. The Hall–Kier alpha value is -2.50. The smallest absolute Gasteiger partial charge is 0.415 e. The van der Waals surface area contributed by atoms with Gasteiger partial charge < -0.3 is 14.6 Å². The lowest BCUT2D eigenvalue weighted by atomic mass is 10.1. The minimum Gasteiger partial charge on any atom is -0.497 e. The lowest BCUT2D eigenvalue weighted by Crippen LogP contribution is -2.37. The van der Waals surface area contributed by atoms with Gasteiger partial charge in [0.2, 0.25) is 0 Å². The highest BCUT2D eigenvalue weighted by molar-refractivity contribution is 5.93. The molecule has 0 saturated heterocycles. The number of carbonyl (C=O) groups is 2. The molecular weight excluding hydrogens is 286 g/mol. The van der Waals surface area contributed by atoms with E-state index in [1.54, 1.807) is 26.8 Å². The van der Waals surface area contributed by atoms with Crippen LogP contribution in [0.3, 0.4) is 0 Å². The summed E-state index contributed by atoms with van der Waals surface area (Å²) in [6, 6.07) is 4.34. The molecule has 0 aliphatic rings. The number of benzene rings is 1. The van der Waals surface area contributed by atoms with Crippen molar-refractivity contribution in [3.8, 4) is 5.75 Å². The van der Waals surface area contributed by atoms with Crippen LogP contribution < -0.4 is 9.64 Å². The zero-order chi connectivity index (χ0) is 16.9. The summed E-state index contributed by atoms with van der Waals surface area (Å²) < 4.78 is 10.4. The van der Waals surface area contributed by atoms with Crippen molar-refractivity contribution in [3.05, 3.63) is 36.4 Å². The van der Waals surface area contributed by atoms with E-state index >= 15 is 0 Å². The molecule has 0 spiro atoms. The lowest BCUT2D eigenvalue weighted by Gasteiger charge is -2.27. The highest BCUT2D eigenvalue weighted by Gasteiger charge is 2.24. The van der Waals surface area contributed by atoms with Gasteiger partial charge in [-0.1, -0.05) is 6.08 Å². The van der Waals surface area contributed by atoms with Gasteiger partial charge in [0.05, 0.1) is 18.4 Å². The fourth-order valence-corrected chi connectivity index (χ4v) is 1.71. The Labute approximate surface area is 129 Å². The van der Waals surface area contributed by atoms with Crippen LogP contribution in [0.1, 0.15) is 31.1 Å². The Morgan fingerprint density at radius 1 is 1.32 bits per heavy atom. The second-order valence-corrected chi connectivity index (χ2v) is 5.60. The van der Waals surface area contributed by atoms with Gasteiger partial charge in [0, 0.05) is 12.6 Å². The van der Waals surface area contributed by atoms with Crippen LogP contribution >= 0.6 is 0 Å². The first-order chi connectivity index (χ1) is 10.2. The lowest BCUT2D eigenvalue weighted by molar-refractivity contribution is 0.0582. The number of rotatable bonds is 5. The molecule has 1 aromatic rings. The first kappa shape index (κ1) is 17.6. The van der Waals surface area contributed by atoms with Crippen molar-refractivity contribution >= 4 is 17.7 Å². The van der Waals surface area contributed by atoms with E-state index in [2.05, 4.69) is 6.58 Å². The number of carboxylic acid groups (broad SMARTS) is 1. The molecule has 0 unspecified atom stereocenters. The number of ether oxygens (including phenoxy) is 2. The number of hydrogen-bond acceptors (Lipinski definition) is 4. The monoisotopic (exact) mass is 307 g/mol. The predicted octanol–water partition coefficient (Wildman–Crippen LogP) is 3.32. The van der Waals surface area contributed by atoms with Gasteiger partial charge in [0.15, 0.2) is 0 Å². The molecule has 0 aliphatic carbocycles. The largest absolute Gasteiger partial charge is 0.497 e. The minimum absolute atomic E-state index is 0.0203. The van der Waals surface area contributed by atoms with Crippen LogP contribution in [0, 0.1) is 0 Å². The van der Waals surface area contributed by atoms with Crippen LogP contribution in [-0.2, 0) is 4.74 Å². The molecule has 1 aromatic carbocycles. The van der Waals surface area contributed by atoms with Crippen molar-refractivity contribution in [1.82, 2.24) is 0 Å². The minimum atomic E-state index is -1.11. The molecular formula is C16H21NO5. The summed E-state index contributed by atoms with van der Waals surface area (Å²) in [6.07, 6.45) is 0.945. The fourth-order valence-electron chi connectivity index (χ4n) is 1.71. The van der Waals surface area contributed by atoms with Crippen molar-refractivity contribution in [2.45, 2.75) is 26.4 Å². The first-order valence-corrected chi connectivity index (χ1v) is 6.71. The molecule has 1 rings (SSSR count). The highest BCUT2D eigenvalue weighted by atomic mass is 16.6. The summed E-state index contributed by atoms with van der Waals surface area (Å²) >= 11 is 0. The van der Waals surface area contributed by atoms with Crippen LogP contribution in [-0.4, -0.2) is 36.4 Å². The van der Waals surface area contributed by atoms with E-state index < -0.39 is 17.7 Å². The Morgan fingerprint density at radius 3 is 2.41 bits per heavy atom. The van der Waals surface area contributed by atoms with Gasteiger partial charge in [0.25, 0.3) is 0 Å². The Kier molecular flexibility index (Phi) is 5.56. The third-order valence-electron chi connectivity index (χ3n) is 2.61. The molecule has 22 heavy (non-hydrogen) atoms. The maximum atomic E-state index is 12.3. The van der Waals surface area contributed by atoms with Gasteiger partial charge in [-0.2, -0.15) is 0 Å². The van der Waals surface area contributed by atoms with Gasteiger partial charge in [-0.25, -0.2) is 9.59 Å². The van der Waals surface area contributed by atoms with Crippen LogP contribution in [0.4, 0.5) is 10.5 Å². The topological polar surface area (TPSA) is 76.1 Å². The van der Waals surface area contributed by atoms with Crippen molar-refractivity contribution in [1.29, 1.82) is 0 Å².